The van der Waals surface area contributed by atoms with Gasteiger partial charge in [0.2, 0.25) is 0 Å². The minimum Gasteiger partial charge on any atom is -0.252 e. The van der Waals surface area contributed by atoms with Crippen LogP contribution in [0.25, 0.3) is 5.69 Å². The number of aromatic nitrogens is 3. The molecule has 2 aromatic rings. The number of rotatable bonds is 1. The highest BCUT2D eigenvalue weighted by molar-refractivity contribution is 5.32. The lowest BCUT2D eigenvalue weighted by atomic mass is 10.3. The first kappa shape index (κ1) is 14.2. The Balaban J connectivity index is 0.000000771. The van der Waals surface area contributed by atoms with Gasteiger partial charge in [0.25, 0.3) is 0 Å². The van der Waals surface area contributed by atoms with Crippen molar-refractivity contribution in [3.05, 3.63) is 42.0 Å². The van der Waals surface area contributed by atoms with Gasteiger partial charge >= 0.3 is 6.18 Å². The van der Waals surface area contributed by atoms with Crippen LogP contribution in [-0.4, -0.2) is 14.8 Å². The highest BCUT2D eigenvalue weighted by Crippen LogP contribution is 2.28. The molecule has 0 aromatic carbocycles. The van der Waals surface area contributed by atoms with E-state index in [1.165, 1.54) is 10.7 Å². The second kappa shape index (κ2) is 5.66. The van der Waals surface area contributed by atoms with Gasteiger partial charge in [0.05, 0.1) is 11.4 Å². The topological polar surface area (TPSA) is 30.7 Å². The minimum absolute atomic E-state index is 0.343. The van der Waals surface area contributed by atoms with Crippen LogP contribution in [0.4, 0.5) is 13.2 Å². The molecule has 2 aromatic heterocycles. The maximum atomic E-state index is 12.4. The second-order valence-corrected chi connectivity index (χ2v) is 3.30. The highest BCUT2D eigenvalue weighted by Gasteiger charge is 2.32. The van der Waals surface area contributed by atoms with Crippen molar-refractivity contribution in [1.82, 2.24) is 14.8 Å². The van der Waals surface area contributed by atoms with E-state index in [2.05, 4.69) is 10.1 Å². The molecule has 18 heavy (non-hydrogen) atoms. The maximum Gasteiger partial charge on any atom is 0.433 e. The molecule has 0 saturated carbocycles. The molecule has 3 nitrogen and oxygen atoms in total. The van der Waals surface area contributed by atoms with E-state index < -0.39 is 11.9 Å². The fourth-order valence-electron chi connectivity index (χ4n) is 1.28. The Kier molecular flexibility index (Phi) is 4.47. The number of hydrogen-bond acceptors (Lipinski definition) is 2. The minimum atomic E-state index is -4.43. The third-order valence-electron chi connectivity index (χ3n) is 2.02. The molecular formula is C12H14F3N3. The summed E-state index contributed by atoms with van der Waals surface area (Å²) in [5.74, 6) is 0. The van der Waals surface area contributed by atoms with E-state index >= 15 is 0 Å². The predicted octanol–water partition coefficient (Wildman–Crippen LogP) is 3.62. The van der Waals surface area contributed by atoms with Crippen LogP contribution < -0.4 is 0 Å². The fourth-order valence-corrected chi connectivity index (χ4v) is 1.28. The number of hydrogen-bond donors (Lipinski definition) is 0. The van der Waals surface area contributed by atoms with E-state index in [9.17, 15) is 13.2 Å². The molecule has 0 atom stereocenters. The van der Waals surface area contributed by atoms with Crippen molar-refractivity contribution in [3.63, 3.8) is 0 Å². The smallest absolute Gasteiger partial charge is 0.252 e. The van der Waals surface area contributed by atoms with Crippen LogP contribution in [0.1, 0.15) is 25.2 Å². The molecular weight excluding hydrogens is 243 g/mol. The van der Waals surface area contributed by atoms with Gasteiger partial charge in [-0.05, 0) is 25.1 Å². The van der Waals surface area contributed by atoms with Gasteiger partial charge in [-0.1, -0.05) is 13.8 Å². The first-order valence-corrected chi connectivity index (χ1v) is 5.53. The zero-order chi connectivity index (χ0) is 13.8. The third-order valence-corrected chi connectivity index (χ3v) is 2.02. The fraction of sp³-hybridized carbons (Fsp3) is 0.333. The molecule has 0 saturated heterocycles. The van der Waals surface area contributed by atoms with Gasteiger partial charge in [-0.25, -0.2) is 4.68 Å². The Morgan fingerprint density at radius 3 is 2.33 bits per heavy atom. The van der Waals surface area contributed by atoms with Crippen LogP contribution in [0.15, 0.2) is 30.6 Å². The van der Waals surface area contributed by atoms with E-state index in [1.54, 1.807) is 19.2 Å². The average molecular weight is 257 g/mol. The zero-order valence-electron chi connectivity index (χ0n) is 10.4. The normalized spacial score (nSPS) is 10.8. The Morgan fingerprint density at radius 2 is 1.83 bits per heavy atom. The lowest BCUT2D eigenvalue weighted by Crippen LogP contribution is -2.09. The number of pyridine rings is 1. The summed E-state index contributed by atoms with van der Waals surface area (Å²) in [7, 11) is 0. The molecule has 6 heteroatoms. The molecule has 0 fully saturated rings. The summed E-state index contributed by atoms with van der Waals surface area (Å²) >= 11 is 0. The van der Waals surface area contributed by atoms with Crippen LogP contribution in [0.2, 0.25) is 0 Å². The van der Waals surface area contributed by atoms with Gasteiger partial charge in [-0.15, -0.1) is 0 Å². The first-order valence-electron chi connectivity index (χ1n) is 5.53. The van der Waals surface area contributed by atoms with Crippen molar-refractivity contribution in [2.75, 3.05) is 0 Å². The van der Waals surface area contributed by atoms with Crippen molar-refractivity contribution >= 4 is 0 Å². The summed E-state index contributed by atoms with van der Waals surface area (Å²) < 4.78 is 38.6. The molecule has 0 spiro atoms. The van der Waals surface area contributed by atoms with Crippen LogP contribution in [0, 0.1) is 6.92 Å². The molecule has 2 rings (SSSR count). The predicted molar refractivity (Wildman–Crippen MR) is 62.4 cm³/mol. The van der Waals surface area contributed by atoms with Crippen molar-refractivity contribution in [2.45, 2.75) is 26.9 Å². The number of alkyl halides is 3. The number of aryl methyl sites for hydroxylation is 1. The van der Waals surface area contributed by atoms with Crippen LogP contribution in [0.5, 0.6) is 0 Å². The summed E-state index contributed by atoms with van der Waals surface area (Å²) in [4.78, 5) is 3.28. The number of nitrogens with zero attached hydrogens (tertiary/aromatic N) is 3. The monoisotopic (exact) mass is 257 g/mol. The standard InChI is InChI=1S/C10H8F3N3.C2H6/c1-7-3-5-16(15-7)8-2-4-14-9(6-8)10(11,12)13;1-2/h2-6H,1H3;1-2H3. The van der Waals surface area contributed by atoms with Gasteiger partial charge in [0.15, 0.2) is 0 Å². The Morgan fingerprint density at radius 1 is 1.17 bits per heavy atom. The summed E-state index contributed by atoms with van der Waals surface area (Å²) in [6, 6.07) is 4.15. The second-order valence-electron chi connectivity index (χ2n) is 3.30. The van der Waals surface area contributed by atoms with Crippen LogP contribution in [0.3, 0.4) is 0 Å². The molecule has 2 heterocycles. The van der Waals surface area contributed by atoms with E-state index in [0.29, 0.717) is 5.69 Å². The Labute approximate surface area is 103 Å². The van der Waals surface area contributed by atoms with Gasteiger partial charge in [0, 0.05) is 12.4 Å². The number of halogens is 3. The summed E-state index contributed by atoms with van der Waals surface area (Å²) in [6.07, 6.45) is -1.71. The molecule has 0 bridgehead atoms. The molecule has 0 aliphatic carbocycles. The van der Waals surface area contributed by atoms with Crippen molar-refractivity contribution < 1.29 is 13.2 Å². The Hall–Kier alpha value is -1.85. The van der Waals surface area contributed by atoms with Gasteiger partial charge < -0.3 is 0 Å². The lowest BCUT2D eigenvalue weighted by molar-refractivity contribution is -0.141. The van der Waals surface area contributed by atoms with Gasteiger partial charge in [-0.3, -0.25) is 4.98 Å². The average Bonchev–Trinajstić information content (AvgIpc) is 2.78. The molecule has 98 valence electrons. The molecule has 0 N–H and O–H groups in total. The molecule has 0 aliphatic rings. The third kappa shape index (κ3) is 3.32. The van der Waals surface area contributed by atoms with Crippen molar-refractivity contribution in [2.24, 2.45) is 0 Å². The Bertz CT molecular complexity index is 503. The largest absolute Gasteiger partial charge is 0.433 e. The van der Waals surface area contributed by atoms with E-state index in [0.717, 1.165) is 18.0 Å². The molecule has 0 radical (unpaired) electrons. The maximum absolute atomic E-state index is 12.4. The van der Waals surface area contributed by atoms with E-state index in [-0.39, 0.29) is 0 Å². The molecule has 0 amide bonds. The van der Waals surface area contributed by atoms with Crippen molar-refractivity contribution in [3.8, 4) is 5.69 Å². The van der Waals surface area contributed by atoms with Crippen LogP contribution in [-0.2, 0) is 6.18 Å². The highest BCUT2D eigenvalue weighted by atomic mass is 19.4. The molecule has 0 aliphatic heterocycles. The SMILES string of the molecule is CC.Cc1ccn(-c2ccnc(C(F)(F)F)c2)n1. The summed E-state index contributed by atoms with van der Waals surface area (Å²) in [5.41, 5.74) is 0.166. The van der Waals surface area contributed by atoms with Crippen molar-refractivity contribution in [1.29, 1.82) is 0 Å². The van der Waals surface area contributed by atoms with E-state index in [4.69, 9.17) is 0 Å². The van der Waals surface area contributed by atoms with Gasteiger partial charge in [0.1, 0.15) is 5.69 Å². The van der Waals surface area contributed by atoms with Gasteiger partial charge in [-0.2, -0.15) is 18.3 Å². The zero-order valence-corrected chi connectivity index (χ0v) is 10.4. The molecule has 0 unspecified atom stereocenters. The summed E-state index contributed by atoms with van der Waals surface area (Å²) in [6.45, 7) is 5.77. The first-order chi connectivity index (χ1) is 8.47. The summed E-state index contributed by atoms with van der Waals surface area (Å²) in [5, 5.41) is 4.03. The van der Waals surface area contributed by atoms with Crippen LogP contribution >= 0.6 is 0 Å². The quantitative estimate of drug-likeness (QED) is 0.781. The lowest BCUT2D eigenvalue weighted by Gasteiger charge is -2.07. The van der Waals surface area contributed by atoms with E-state index in [1.807, 2.05) is 13.8 Å².